The molecule has 0 N–H and O–H groups in total. The lowest BCUT2D eigenvalue weighted by Crippen LogP contribution is -2.03. The Morgan fingerprint density at radius 3 is 2.67 bits per heavy atom. The fraction of sp³-hybridized carbons (Fsp3) is 0.350. The van der Waals surface area contributed by atoms with Crippen molar-refractivity contribution >= 4 is 18.0 Å². The van der Waals surface area contributed by atoms with Gasteiger partial charge in [-0.05, 0) is 43.7 Å². The number of aryl methyl sites for hydroxylation is 1. The van der Waals surface area contributed by atoms with Crippen LogP contribution in [0.25, 0.3) is 11.8 Å². The first kappa shape index (κ1) is 16.4. The van der Waals surface area contributed by atoms with Gasteiger partial charge in [-0.2, -0.15) is 0 Å². The van der Waals surface area contributed by atoms with Crippen molar-refractivity contribution in [2.24, 2.45) is 4.99 Å². The Hall–Kier alpha value is -2.49. The van der Waals surface area contributed by atoms with E-state index in [-0.39, 0.29) is 0 Å². The van der Waals surface area contributed by atoms with E-state index < -0.39 is 0 Å². The zero-order chi connectivity index (χ0) is 16.9. The molecule has 0 amide bonds. The summed E-state index contributed by atoms with van der Waals surface area (Å²) >= 11 is 0. The number of allylic oxidation sites excluding steroid dienone is 1. The van der Waals surface area contributed by atoms with Crippen molar-refractivity contribution in [1.82, 2.24) is 9.13 Å². The minimum Gasteiger partial charge on any atom is -0.492 e. The summed E-state index contributed by atoms with van der Waals surface area (Å²) in [6.07, 6.45) is 11.7. The SMILES string of the molecule is CCCCCn1c(C)ccc1/C=C1/N=CC(n2cccc2)=C1OC. The first-order valence-electron chi connectivity index (χ1n) is 8.58. The van der Waals surface area contributed by atoms with Gasteiger partial charge in [0.15, 0.2) is 5.76 Å². The Balaban J connectivity index is 1.91. The summed E-state index contributed by atoms with van der Waals surface area (Å²) in [5.41, 5.74) is 4.30. The highest BCUT2D eigenvalue weighted by Crippen LogP contribution is 2.28. The van der Waals surface area contributed by atoms with Crippen molar-refractivity contribution in [3.63, 3.8) is 0 Å². The molecule has 4 heteroatoms. The van der Waals surface area contributed by atoms with E-state index in [2.05, 4.69) is 41.6 Å². The smallest absolute Gasteiger partial charge is 0.170 e. The maximum absolute atomic E-state index is 5.63. The van der Waals surface area contributed by atoms with Gasteiger partial charge in [-0.25, -0.2) is 0 Å². The number of nitrogens with zero attached hydrogens (tertiary/aromatic N) is 3. The second kappa shape index (κ2) is 7.39. The number of unbranched alkanes of at least 4 members (excludes halogenated alkanes) is 2. The highest BCUT2D eigenvalue weighted by Gasteiger charge is 2.18. The zero-order valence-electron chi connectivity index (χ0n) is 14.7. The topological polar surface area (TPSA) is 31.4 Å². The third-order valence-electron chi connectivity index (χ3n) is 4.38. The molecule has 3 heterocycles. The predicted molar refractivity (Wildman–Crippen MR) is 99.8 cm³/mol. The number of ether oxygens (including phenoxy) is 1. The lowest BCUT2D eigenvalue weighted by atomic mass is 10.2. The van der Waals surface area contributed by atoms with Crippen LogP contribution < -0.4 is 0 Å². The second-order valence-electron chi connectivity index (χ2n) is 6.05. The lowest BCUT2D eigenvalue weighted by molar-refractivity contribution is 0.303. The molecule has 0 unspecified atom stereocenters. The van der Waals surface area contributed by atoms with E-state index in [1.165, 1.54) is 30.7 Å². The van der Waals surface area contributed by atoms with Gasteiger partial charge in [0.2, 0.25) is 0 Å². The monoisotopic (exact) mass is 323 g/mol. The summed E-state index contributed by atoms with van der Waals surface area (Å²) in [5.74, 6) is 0.810. The van der Waals surface area contributed by atoms with E-state index in [4.69, 9.17) is 4.74 Å². The van der Waals surface area contributed by atoms with Crippen LogP contribution in [-0.2, 0) is 11.3 Å². The van der Waals surface area contributed by atoms with Gasteiger partial charge in [-0.1, -0.05) is 19.8 Å². The molecule has 0 bridgehead atoms. The van der Waals surface area contributed by atoms with Gasteiger partial charge in [-0.15, -0.1) is 0 Å². The van der Waals surface area contributed by atoms with Crippen molar-refractivity contribution in [2.45, 2.75) is 39.7 Å². The Labute approximate surface area is 143 Å². The van der Waals surface area contributed by atoms with E-state index in [0.717, 1.165) is 23.7 Å². The van der Waals surface area contributed by atoms with Crippen LogP contribution in [0.15, 0.2) is 53.1 Å². The molecule has 0 fully saturated rings. The van der Waals surface area contributed by atoms with Gasteiger partial charge in [0.25, 0.3) is 0 Å². The van der Waals surface area contributed by atoms with Gasteiger partial charge in [0.1, 0.15) is 11.4 Å². The van der Waals surface area contributed by atoms with Gasteiger partial charge >= 0.3 is 0 Å². The number of aromatic nitrogens is 2. The molecule has 0 saturated carbocycles. The normalized spacial score (nSPS) is 15.7. The highest BCUT2D eigenvalue weighted by atomic mass is 16.5. The molecule has 0 aromatic carbocycles. The fourth-order valence-electron chi connectivity index (χ4n) is 3.05. The molecule has 2 aromatic heterocycles. The summed E-state index contributed by atoms with van der Waals surface area (Å²) < 4.78 is 10.0. The largest absolute Gasteiger partial charge is 0.492 e. The van der Waals surface area contributed by atoms with Gasteiger partial charge < -0.3 is 13.9 Å². The lowest BCUT2D eigenvalue weighted by Gasteiger charge is -2.10. The van der Waals surface area contributed by atoms with E-state index in [1.807, 2.05) is 35.3 Å². The van der Waals surface area contributed by atoms with Gasteiger partial charge in [-0.3, -0.25) is 4.99 Å². The van der Waals surface area contributed by atoms with E-state index in [9.17, 15) is 0 Å². The summed E-state index contributed by atoms with van der Waals surface area (Å²) in [4.78, 5) is 4.57. The van der Waals surface area contributed by atoms with Crippen molar-refractivity contribution < 1.29 is 4.74 Å². The molecule has 3 rings (SSSR count). The molecular formula is C20H25N3O. The molecule has 4 nitrogen and oxygen atoms in total. The molecule has 2 aromatic rings. The van der Waals surface area contributed by atoms with Crippen molar-refractivity contribution in [3.8, 4) is 0 Å². The fourth-order valence-corrected chi connectivity index (χ4v) is 3.05. The minimum atomic E-state index is 0.810. The van der Waals surface area contributed by atoms with Crippen LogP contribution in [0, 0.1) is 6.92 Å². The molecule has 24 heavy (non-hydrogen) atoms. The van der Waals surface area contributed by atoms with Crippen molar-refractivity contribution in [2.75, 3.05) is 7.11 Å². The molecule has 126 valence electrons. The van der Waals surface area contributed by atoms with E-state index >= 15 is 0 Å². The number of hydrogen-bond donors (Lipinski definition) is 0. The first-order valence-corrected chi connectivity index (χ1v) is 8.58. The molecular weight excluding hydrogens is 298 g/mol. The predicted octanol–water partition coefficient (Wildman–Crippen LogP) is 4.73. The van der Waals surface area contributed by atoms with Crippen LogP contribution in [0.3, 0.4) is 0 Å². The Morgan fingerprint density at radius 1 is 1.17 bits per heavy atom. The van der Waals surface area contributed by atoms with Crippen molar-refractivity contribution in [3.05, 3.63) is 59.5 Å². The standard InChI is InChI=1S/C20H25N3O/c1-4-5-6-13-23-16(2)9-10-17(23)14-18-20(24-3)19(15-21-18)22-11-7-8-12-22/h7-12,14-15H,4-6,13H2,1-3H3/b18-14+. The molecule has 0 radical (unpaired) electrons. The quantitative estimate of drug-likeness (QED) is 0.678. The van der Waals surface area contributed by atoms with Crippen LogP contribution in [0.2, 0.25) is 0 Å². The Morgan fingerprint density at radius 2 is 1.96 bits per heavy atom. The molecule has 0 saturated heterocycles. The van der Waals surface area contributed by atoms with Crippen LogP contribution in [-0.4, -0.2) is 22.5 Å². The molecule has 0 spiro atoms. The number of aliphatic imine (C=N–C) groups is 1. The van der Waals surface area contributed by atoms with Crippen LogP contribution in [0.4, 0.5) is 0 Å². The van der Waals surface area contributed by atoms with E-state index in [0.29, 0.717) is 0 Å². The summed E-state index contributed by atoms with van der Waals surface area (Å²) in [7, 11) is 1.70. The second-order valence-corrected chi connectivity index (χ2v) is 6.05. The van der Waals surface area contributed by atoms with Gasteiger partial charge in [0.05, 0.1) is 13.3 Å². The van der Waals surface area contributed by atoms with Crippen LogP contribution in [0.5, 0.6) is 0 Å². The number of rotatable bonds is 7. The maximum Gasteiger partial charge on any atom is 0.170 e. The Bertz CT molecular complexity index is 776. The van der Waals surface area contributed by atoms with Gasteiger partial charge in [0, 0.05) is 30.3 Å². The third-order valence-corrected chi connectivity index (χ3v) is 4.38. The summed E-state index contributed by atoms with van der Waals surface area (Å²) in [6.45, 7) is 5.44. The third kappa shape index (κ3) is 3.23. The van der Waals surface area contributed by atoms with E-state index in [1.54, 1.807) is 7.11 Å². The highest BCUT2D eigenvalue weighted by molar-refractivity contribution is 6.08. The average molecular weight is 323 g/mol. The minimum absolute atomic E-state index is 0.810. The number of methoxy groups -OCH3 is 1. The Kier molecular flexibility index (Phi) is 5.04. The molecule has 1 aliphatic rings. The summed E-state index contributed by atoms with van der Waals surface area (Å²) in [6, 6.07) is 8.32. The average Bonchev–Trinajstić information content (AvgIpc) is 3.30. The van der Waals surface area contributed by atoms with Crippen LogP contribution >= 0.6 is 0 Å². The van der Waals surface area contributed by atoms with Crippen LogP contribution in [0.1, 0.15) is 37.6 Å². The molecule has 1 aliphatic heterocycles. The number of hydrogen-bond acceptors (Lipinski definition) is 2. The van der Waals surface area contributed by atoms with Crippen molar-refractivity contribution in [1.29, 1.82) is 0 Å². The molecule has 0 aliphatic carbocycles. The zero-order valence-corrected chi connectivity index (χ0v) is 14.7. The molecule has 0 atom stereocenters. The summed E-state index contributed by atoms with van der Waals surface area (Å²) in [5, 5.41) is 0. The first-order chi connectivity index (χ1) is 11.7. The maximum atomic E-state index is 5.63.